The highest BCUT2D eigenvalue weighted by atomic mass is 16.2. The number of aryl methyl sites for hydroxylation is 2. The second-order valence-electron chi connectivity index (χ2n) is 7.35. The lowest BCUT2D eigenvalue weighted by atomic mass is 10.1. The monoisotopic (exact) mass is 333 g/mol. The van der Waals surface area contributed by atoms with E-state index in [2.05, 4.69) is 20.2 Å². The van der Waals surface area contributed by atoms with E-state index in [1.165, 1.54) is 45.2 Å². The van der Waals surface area contributed by atoms with Crippen LogP contribution in [0.3, 0.4) is 0 Å². The molecule has 0 aromatic carbocycles. The summed E-state index contributed by atoms with van der Waals surface area (Å²) in [7, 11) is 1.91. The molecular weight excluding hydrogens is 302 g/mol. The van der Waals surface area contributed by atoms with E-state index in [0.29, 0.717) is 12.6 Å². The van der Waals surface area contributed by atoms with Gasteiger partial charge < -0.3 is 10.2 Å². The molecule has 2 aliphatic rings. The molecule has 0 aliphatic carbocycles. The average Bonchev–Trinajstić information content (AvgIpc) is 3.08. The molecule has 0 bridgehead atoms. The zero-order valence-corrected chi connectivity index (χ0v) is 15.3. The van der Waals surface area contributed by atoms with Gasteiger partial charge in [-0.3, -0.25) is 14.4 Å². The van der Waals surface area contributed by atoms with Gasteiger partial charge in [0.15, 0.2) is 0 Å². The van der Waals surface area contributed by atoms with Crippen LogP contribution in [0.4, 0.5) is 5.69 Å². The van der Waals surface area contributed by atoms with Crippen LogP contribution in [-0.2, 0) is 11.8 Å². The van der Waals surface area contributed by atoms with Crippen LogP contribution in [0.25, 0.3) is 0 Å². The Hall–Kier alpha value is -1.40. The number of nitrogens with zero attached hydrogens (tertiary/aromatic N) is 4. The third-order valence-electron chi connectivity index (χ3n) is 5.54. The number of carbonyl (C=O) groups is 1. The van der Waals surface area contributed by atoms with E-state index < -0.39 is 0 Å². The minimum atomic E-state index is 0.0831. The van der Waals surface area contributed by atoms with Gasteiger partial charge in [-0.25, -0.2) is 0 Å². The maximum absolute atomic E-state index is 12.5. The van der Waals surface area contributed by atoms with Gasteiger partial charge in [0.1, 0.15) is 0 Å². The molecule has 1 aromatic heterocycles. The Kier molecular flexibility index (Phi) is 5.56. The van der Waals surface area contributed by atoms with E-state index in [0.717, 1.165) is 30.2 Å². The fraction of sp³-hybridized carbons (Fsp3) is 0.778. The molecule has 3 rings (SSSR count). The van der Waals surface area contributed by atoms with E-state index in [9.17, 15) is 4.79 Å². The van der Waals surface area contributed by atoms with Crippen LogP contribution in [0.1, 0.15) is 43.5 Å². The fourth-order valence-corrected chi connectivity index (χ4v) is 4.07. The summed E-state index contributed by atoms with van der Waals surface area (Å²) in [6.45, 7) is 9.04. The molecule has 6 heteroatoms. The zero-order valence-electron chi connectivity index (χ0n) is 15.3. The first-order chi connectivity index (χ1) is 11.5. The van der Waals surface area contributed by atoms with Crippen molar-refractivity contribution in [2.45, 2.75) is 52.0 Å². The predicted molar refractivity (Wildman–Crippen MR) is 96.2 cm³/mol. The van der Waals surface area contributed by atoms with Gasteiger partial charge in [0.05, 0.1) is 23.6 Å². The van der Waals surface area contributed by atoms with Crippen molar-refractivity contribution in [3.63, 3.8) is 0 Å². The summed E-state index contributed by atoms with van der Waals surface area (Å²) in [4.78, 5) is 17.5. The Balaban J connectivity index is 1.54. The molecule has 0 spiro atoms. The third kappa shape index (κ3) is 3.98. The van der Waals surface area contributed by atoms with Gasteiger partial charge in [-0.2, -0.15) is 5.10 Å². The molecule has 6 nitrogen and oxygen atoms in total. The Morgan fingerprint density at radius 3 is 2.58 bits per heavy atom. The number of hydrogen-bond acceptors (Lipinski definition) is 4. The van der Waals surface area contributed by atoms with Gasteiger partial charge in [-0.05, 0) is 59.2 Å². The first kappa shape index (κ1) is 17.4. The third-order valence-corrected chi connectivity index (χ3v) is 5.54. The molecule has 1 N–H and O–H groups in total. The summed E-state index contributed by atoms with van der Waals surface area (Å²) in [5.74, 6) is 0.0831. The highest BCUT2D eigenvalue weighted by Gasteiger charge is 2.28. The number of nitrogens with one attached hydrogen (secondary N) is 1. The number of piperidine rings is 1. The van der Waals surface area contributed by atoms with Gasteiger partial charge >= 0.3 is 0 Å². The summed E-state index contributed by atoms with van der Waals surface area (Å²) >= 11 is 0. The molecule has 134 valence electrons. The maximum atomic E-state index is 12.5. The molecule has 0 saturated carbocycles. The lowest BCUT2D eigenvalue weighted by Gasteiger charge is -2.32. The predicted octanol–water partition coefficient (Wildman–Crippen LogP) is 1.93. The summed E-state index contributed by atoms with van der Waals surface area (Å²) in [5.41, 5.74) is 2.76. The van der Waals surface area contributed by atoms with Crippen LogP contribution in [0.5, 0.6) is 0 Å². The lowest BCUT2D eigenvalue weighted by Crippen LogP contribution is -2.44. The van der Waals surface area contributed by atoms with Gasteiger partial charge in [0.25, 0.3) is 0 Å². The molecule has 0 unspecified atom stereocenters. The van der Waals surface area contributed by atoms with Crippen molar-refractivity contribution in [1.29, 1.82) is 0 Å². The topological polar surface area (TPSA) is 53.4 Å². The molecular formula is C18H31N5O. The largest absolute Gasteiger partial charge is 0.322 e. The van der Waals surface area contributed by atoms with Gasteiger partial charge in [0, 0.05) is 19.6 Å². The molecule has 1 atom stereocenters. The van der Waals surface area contributed by atoms with Crippen LogP contribution in [0.2, 0.25) is 0 Å². The van der Waals surface area contributed by atoms with Gasteiger partial charge in [-0.1, -0.05) is 6.42 Å². The number of aromatic nitrogens is 2. The summed E-state index contributed by atoms with van der Waals surface area (Å²) in [6.07, 6.45) is 6.45. The quantitative estimate of drug-likeness (QED) is 0.894. The van der Waals surface area contributed by atoms with Crippen LogP contribution in [0, 0.1) is 13.8 Å². The molecule has 2 saturated heterocycles. The van der Waals surface area contributed by atoms with E-state index in [1.807, 2.05) is 25.6 Å². The van der Waals surface area contributed by atoms with Crippen molar-refractivity contribution < 1.29 is 4.79 Å². The minimum Gasteiger partial charge on any atom is -0.322 e. The molecule has 24 heavy (non-hydrogen) atoms. The first-order valence-electron chi connectivity index (χ1n) is 9.31. The molecule has 0 radical (unpaired) electrons. The number of hydrogen-bond donors (Lipinski definition) is 1. The second kappa shape index (κ2) is 7.66. The highest BCUT2D eigenvalue weighted by molar-refractivity contribution is 5.93. The van der Waals surface area contributed by atoms with Crippen molar-refractivity contribution in [2.24, 2.45) is 7.05 Å². The Morgan fingerprint density at radius 2 is 1.92 bits per heavy atom. The SMILES string of the molecule is Cc1nn(C)c(C)c1NC(=O)CN1CCC[C@H]1CN1CCCCC1. The molecule has 2 aliphatic heterocycles. The molecule has 2 fully saturated rings. The number of likely N-dealkylation sites (tertiary alicyclic amines) is 2. The van der Waals surface area contributed by atoms with Crippen LogP contribution in [-0.4, -0.2) is 64.3 Å². The average molecular weight is 333 g/mol. The smallest absolute Gasteiger partial charge is 0.238 e. The van der Waals surface area contributed by atoms with Crippen molar-refractivity contribution in [2.75, 3.05) is 38.0 Å². The fourth-order valence-electron chi connectivity index (χ4n) is 4.07. The summed E-state index contributed by atoms with van der Waals surface area (Å²) in [5, 5.41) is 7.44. The van der Waals surface area contributed by atoms with E-state index in [-0.39, 0.29) is 5.91 Å². The standard InChI is InChI=1S/C18H31N5O/c1-14-18(15(2)21(3)20-14)19-17(24)13-23-11-7-8-16(23)12-22-9-5-4-6-10-22/h16H,4-13H2,1-3H3,(H,19,24)/t16-/m0/s1. The van der Waals surface area contributed by atoms with Crippen LogP contribution < -0.4 is 5.32 Å². The summed E-state index contributed by atoms with van der Waals surface area (Å²) in [6, 6.07) is 0.532. The van der Waals surface area contributed by atoms with Gasteiger partial charge in [-0.15, -0.1) is 0 Å². The Labute approximate surface area is 145 Å². The minimum absolute atomic E-state index is 0.0831. The number of carbonyl (C=O) groups excluding carboxylic acids is 1. The maximum Gasteiger partial charge on any atom is 0.238 e. The Bertz CT molecular complexity index is 576. The van der Waals surface area contributed by atoms with Gasteiger partial charge in [0.2, 0.25) is 5.91 Å². The lowest BCUT2D eigenvalue weighted by molar-refractivity contribution is -0.117. The van der Waals surface area contributed by atoms with E-state index in [4.69, 9.17) is 0 Å². The van der Waals surface area contributed by atoms with Crippen molar-refractivity contribution in [1.82, 2.24) is 19.6 Å². The number of amides is 1. The van der Waals surface area contributed by atoms with Crippen molar-refractivity contribution in [3.8, 4) is 0 Å². The Morgan fingerprint density at radius 1 is 1.17 bits per heavy atom. The normalized spacial score (nSPS) is 22.9. The van der Waals surface area contributed by atoms with Crippen LogP contribution in [0.15, 0.2) is 0 Å². The second-order valence-corrected chi connectivity index (χ2v) is 7.35. The van der Waals surface area contributed by atoms with E-state index >= 15 is 0 Å². The number of anilines is 1. The summed E-state index contributed by atoms with van der Waals surface area (Å²) < 4.78 is 1.82. The van der Waals surface area contributed by atoms with Crippen molar-refractivity contribution in [3.05, 3.63) is 11.4 Å². The molecule has 3 heterocycles. The zero-order chi connectivity index (χ0) is 17.1. The first-order valence-corrected chi connectivity index (χ1v) is 9.31. The highest BCUT2D eigenvalue weighted by Crippen LogP contribution is 2.21. The molecule has 1 aromatic rings. The van der Waals surface area contributed by atoms with Crippen molar-refractivity contribution >= 4 is 11.6 Å². The van der Waals surface area contributed by atoms with Crippen LogP contribution >= 0.6 is 0 Å². The number of rotatable bonds is 5. The van der Waals surface area contributed by atoms with E-state index in [1.54, 1.807) is 0 Å². The molecule has 1 amide bonds.